The molecule has 0 saturated carbocycles. The van der Waals surface area contributed by atoms with Crippen LogP contribution in [-0.4, -0.2) is 27.3 Å². The van der Waals surface area contributed by atoms with Crippen molar-refractivity contribution in [2.24, 2.45) is 0 Å². The molecular weight excluding hydrogens is 364 g/mol. The van der Waals surface area contributed by atoms with Crippen LogP contribution >= 0.6 is 23.2 Å². The van der Waals surface area contributed by atoms with Crippen LogP contribution in [0.15, 0.2) is 36.4 Å². The third-order valence-corrected chi connectivity index (χ3v) is 4.34. The van der Waals surface area contributed by atoms with Crippen LogP contribution < -0.4 is 0 Å². The van der Waals surface area contributed by atoms with E-state index in [0.717, 1.165) is 6.42 Å². The number of hydrogen-bond donors (Lipinski definition) is 1. The Morgan fingerprint density at radius 3 is 2.80 bits per heavy atom. The Bertz CT molecular complexity index is 926. The van der Waals surface area contributed by atoms with Crippen molar-refractivity contribution in [2.75, 3.05) is 6.54 Å². The molecule has 1 heterocycles. The normalized spacial score (nSPS) is 11.0. The van der Waals surface area contributed by atoms with Gasteiger partial charge in [-0.3, -0.25) is 4.79 Å². The molecule has 0 bridgehead atoms. The highest BCUT2D eigenvalue weighted by atomic mass is 35.5. The molecule has 2 aromatic carbocycles. The number of hydrogen-bond acceptors (Lipinski definition) is 2. The molecule has 4 nitrogen and oxygen atoms in total. The van der Waals surface area contributed by atoms with Gasteiger partial charge in [-0.25, -0.2) is 9.37 Å². The number of aromatic amines is 1. The largest absolute Gasteiger partial charge is 0.340 e. The molecule has 0 aliphatic heterocycles. The molecule has 130 valence electrons. The zero-order valence-electron chi connectivity index (χ0n) is 13.5. The SMILES string of the molecule is CCCN(Cc1nc2ccc(F)cc2[nH]1)C(=O)c1cc(Cl)ccc1Cl. The number of aromatic nitrogens is 2. The lowest BCUT2D eigenvalue weighted by molar-refractivity contribution is 0.0739. The Balaban J connectivity index is 1.89. The highest BCUT2D eigenvalue weighted by molar-refractivity contribution is 6.35. The van der Waals surface area contributed by atoms with E-state index in [4.69, 9.17) is 23.2 Å². The fourth-order valence-electron chi connectivity index (χ4n) is 2.64. The number of H-pyrrole nitrogens is 1. The highest BCUT2D eigenvalue weighted by Crippen LogP contribution is 2.23. The van der Waals surface area contributed by atoms with E-state index in [9.17, 15) is 9.18 Å². The Hall–Kier alpha value is -2.11. The molecule has 0 spiro atoms. The second kappa shape index (κ2) is 7.42. The molecule has 1 aromatic heterocycles. The molecule has 0 aliphatic carbocycles. The minimum Gasteiger partial charge on any atom is -0.340 e. The minimum absolute atomic E-state index is 0.221. The van der Waals surface area contributed by atoms with Gasteiger partial charge < -0.3 is 9.88 Å². The van der Waals surface area contributed by atoms with Crippen molar-refractivity contribution in [1.82, 2.24) is 14.9 Å². The number of carbonyl (C=O) groups excluding carboxylic acids is 1. The number of fused-ring (bicyclic) bond motifs is 1. The second-order valence-corrected chi connectivity index (χ2v) is 6.54. The first-order chi connectivity index (χ1) is 12.0. The van der Waals surface area contributed by atoms with Gasteiger partial charge in [0, 0.05) is 11.6 Å². The third-order valence-electron chi connectivity index (χ3n) is 3.77. The third kappa shape index (κ3) is 3.94. The first-order valence-electron chi connectivity index (χ1n) is 7.86. The van der Waals surface area contributed by atoms with Crippen molar-refractivity contribution >= 4 is 40.1 Å². The topological polar surface area (TPSA) is 49.0 Å². The van der Waals surface area contributed by atoms with Crippen molar-refractivity contribution in [3.8, 4) is 0 Å². The number of rotatable bonds is 5. The van der Waals surface area contributed by atoms with Crippen molar-refractivity contribution in [3.05, 3.63) is 63.6 Å². The Kier molecular flexibility index (Phi) is 5.25. The van der Waals surface area contributed by atoms with Crippen LogP contribution in [0.3, 0.4) is 0 Å². The summed E-state index contributed by atoms with van der Waals surface area (Å²) in [6.45, 7) is 2.78. The molecule has 3 aromatic rings. The summed E-state index contributed by atoms with van der Waals surface area (Å²) >= 11 is 12.1. The predicted octanol–water partition coefficient (Wildman–Crippen LogP) is 5.06. The van der Waals surface area contributed by atoms with Gasteiger partial charge in [-0.2, -0.15) is 0 Å². The lowest BCUT2D eigenvalue weighted by Gasteiger charge is -2.21. The van der Waals surface area contributed by atoms with Crippen LogP contribution in [0.5, 0.6) is 0 Å². The number of amides is 1. The summed E-state index contributed by atoms with van der Waals surface area (Å²) in [5.41, 5.74) is 1.60. The molecule has 3 rings (SSSR count). The van der Waals surface area contributed by atoms with Gasteiger partial charge in [0.2, 0.25) is 0 Å². The molecule has 0 radical (unpaired) electrons. The number of imidazole rings is 1. The second-order valence-electron chi connectivity index (χ2n) is 5.70. The lowest BCUT2D eigenvalue weighted by atomic mass is 10.2. The summed E-state index contributed by atoms with van der Waals surface area (Å²) in [5, 5.41) is 0.797. The summed E-state index contributed by atoms with van der Waals surface area (Å²) in [6, 6.07) is 9.14. The van der Waals surface area contributed by atoms with Gasteiger partial charge in [-0.05, 0) is 42.8 Å². The smallest absolute Gasteiger partial charge is 0.255 e. The van der Waals surface area contributed by atoms with Crippen LogP contribution in [0.2, 0.25) is 10.0 Å². The number of nitrogens with one attached hydrogen (secondary N) is 1. The average molecular weight is 380 g/mol. The molecule has 0 aliphatic rings. The van der Waals surface area contributed by atoms with Crippen molar-refractivity contribution < 1.29 is 9.18 Å². The predicted molar refractivity (Wildman–Crippen MR) is 97.5 cm³/mol. The van der Waals surface area contributed by atoms with Crippen molar-refractivity contribution in [3.63, 3.8) is 0 Å². The molecule has 0 saturated heterocycles. The van der Waals surface area contributed by atoms with Gasteiger partial charge in [0.15, 0.2) is 0 Å². The van der Waals surface area contributed by atoms with Gasteiger partial charge in [0.25, 0.3) is 5.91 Å². The quantitative estimate of drug-likeness (QED) is 0.673. The molecule has 1 N–H and O–H groups in total. The van der Waals surface area contributed by atoms with E-state index in [0.29, 0.717) is 39.0 Å². The summed E-state index contributed by atoms with van der Waals surface area (Å²) < 4.78 is 13.3. The highest BCUT2D eigenvalue weighted by Gasteiger charge is 2.20. The molecule has 0 atom stereocenters. The van der Waals surface area contributed by atoms with E-state index in [1.807, 2.05) is 6.92 Å². The number of nitrogens with zero attached hydrogens (tertiary/aromatic N) is 2. The molecule has 1 amide bonds. The average Bonchev–Trinajstić information content (AvgIpc) is 2.97. The van der Waals surface area contributed by atoms with E-state index >= 15 is 0 Å². The van der Waals surface area contributed by atoms with Gasteiger partial charge in [0.05, 0.1) is 28.2 Å². The van der Waals surface area contributed by atoms with Gasteiger partial charge in [0.1, 0.15) is 11.6 Å². The standard InChI is InChI=1S/C18H16Cl2FN3O/c1-2-7-24(18(25)13-8-11(19)3-5-14(13)20)10-17-22-15-6-4-12(21)9-16(15)23-17/h3-6,8-9H,2,7,10H2,1H3,(H,22,23). The Morgan fingerprint density at radius 2 is 2.04 bits per heavy atom. The maximum Gasteiger partial charge on any atom is 0.255 e. The maximum atomic E-state index is 13.3. The molecule has 25 heavy (non-hydrogen) atoms. The van der Waals surface area contributed by atoms with E-state index in [1.54, 1.807) is 29.2 Å². The number of benzene rings is 2. The van der Waals surface area contributed by atoms with Crippen LogP contribution in [0.4, 0.5) is 4.39 Å². The summed E-state index contributed by atoms with van der Waals surface area (Å²) in [5.74, 6) is 0.0245. The zero-order valence-corrected chi connectivity index (χ0v) is 15.0. The molecule has 0 unspecified atom stereocenters. The van der Waals surface area contributed by atoms with Crippen LogP contribution in [0.1, 0.15) is 29.5 Å². The lowest BCUT2D eigenvalue weighted by Crippen LogP contribution is -2.32. The fraction of sp³-hybridized carbons (Fsp3) is 0.222. The Labute approximate surface area is 154 Å². The first kappa shape index (κ1) is 17.7. The summed E-state index contributed by atoms with van der Waals surface area (Å²) in [7, 11) is 0. The maximum absolute atomic E-state index is 13.3. The van der Waals surface area contributed by atoms with Crippen LogP contribution in [-0.2, 0) is 6.54 Å². The summed E-state index contributed by atoms with van der Waals surface area (Å²) in [6.07, 6.45) is 0.777. The monoisotopic (exact) mass is 379 g/mol. The number of halogens is 3. The number of carbonyl (C=O) groups is 1. The summed E-state index contributed by atoms with van der Waals surface area (Å²) in [4.78, 5) is 22.0. The van der Waals surface area contributed by atoms with E-state index in [-0.39, 0.29) is 18.3 Å². The van der Waals surface area contributed by atoms with E-state index in [2.05, 4.69) is 9.97 Å². The van der Waals surface area contributed by atoms with Gasteiger partial charge in [-0.1, -0.05) is 30.1 Å². The van der Waals surface area contributed by atoms with Gasteiger partial charge in [-0.15, -0.1) is 0 Å². The molecule has 7 heteroatoms. The van der Waals surface area contributed by atoms with Crippen molar-refractivity contribution in [2.45, 2.75) is 19.9 Å². The minimum atomic E-state index is -0.338. The fourth-order valence-corrected chi connectivity index (χ4v) is 3.01. The Morgan fingerprint density at radius 1 is 1.24 bits per heavy atom. The van der Waals surface area contributed by atoms with Crippen LogP contribution in [0, 0.1) is 5.82 Å². The van der Waals surface area contributed by atoms with Crippen LogP contribution in [0.25, 0.3) is 11.0 Å². The van der Waals surface area contributed by atoms with Crippen molar-refractivity contribution in [1.29, 1.82) is 0 Å². The van der Waals surface area contributed by atoms with Gasteiger partial charge >= 0.3 is 0 Å². The van der Waals surface area contributed by atoms with E-state index < -0.39 is 0 Å². The zero-order chi connectivity index (χ0) is 18.0. The molecular formula is C18H16Cl2FN3O. The first-order valence-corrected chi connectivity index (χ1v) is 8.62. The van der Waals surface area contributed by atoms with E-state index in [1.165, 1.54) is 12.1 Å². The molecule has 0 fully saturated rings.